The number of hydrogen-bond donors (Lipinski definition) is 8. The van der Waals surface area contributed by atoms with E-state index >= 15 is 0 Å². The van der Waals surface area contributed by atoms with Gasteiger partial charge in [-0.2, -0.15) is 5.06 Å². The third-order valence-corrected chi connectivity index (χ3v) is 8.12. The van der Waals surface area contributed by atoms with Crippen molar-refractivity contribution >= 4 is 35.4 Å². The van der Waals surface area contributed by atoms with Crippen molar-refractivity contribution in [2.24, 2.45) is 5.73 Å². The van der Waals surface area contributed by atoms with Crippen LogP contribution in [0.4, 0.5) is 0 Å². The fraction of sp³-hybridized carbons (Fsp3) is 0.824. The Labute approximate surface area is 308 Å². The highest BCUT2D eigenvalue weighted by Gasteiger charge is 2.14. The van der Waals surface area contributed by atoms with E-state index in [9.17, 15) is 49.6 Å². The Morgan fingerprint density at radius 1 is 0.442 bits per heavy atom. The zero-order chi connectivity index (χ0) is 39.0. The van der Waals surface area contributed by atoms with Crippen molar-refractivity contribution in [1.82, 2.24) is 36.2 Å². The van der Waals surface area contributed by atoms with Crippen LogP contribution in [-0.2, 0) is 28.8 Å². The molecule has 18 nitrogen and oxygen atoms in total. The van der Waals surface area contributed by atoms with Crippen LogP contribution in [0.5, 0.6) is 0 Å². The summed E-state index contributed by atoms with van der Waals surface area (Å²) >= 11 is 0. The minimum absolute atomic E-state index is 0.0276. The van der Waals surface area contributed by atoms with Gasteiger partial charge < -0.3 is 26.9 Å². The molecule has 0 aliphatic carbocycles. The van der Waals surface area contributed by atoms with Crippen LogP contribution in [-0.4, -0.2) is 135 Å². The smallest absolute Gasteiger partial charge is 0.246 e. The van der Waals surface area contributed by atoms with Crippen LogP contribution < -0.4 is 21.7 Å². The van der Waals surface area contributed by atoms with Gasteiger partial charge in [0.1, 0.15) is 0 Å². The third kappa shape index (κ3) is 29.2. The molecule has 0 saturated carbocycles. The van der Waals surface area contributed by atoms with E-state index in [4.69, 9.17) is 5.73 Å². The van der Waals surface area contributed by atoms with Crippen molar-refractivity contribution in [2.45, 2.75) is 122 Å². The van der Waals surface area contributed by atoms with Crippen LogP contribution in [0.15, 0.2) is 0 Å². The normalized spacial score (nSPS) is 10.9. The van der Waals surface area contributed by atoms with E-state index in [2.05, 4.69) is 16.0 Å². The van der Waals surface area contributed by atoms with Crippen molar-refractivity contribution in [3.8, 4) is 0 Å². The van der Waals surface area contributed by atoms with Crippen molar-refractivity contribution in [3.63, 3.8) is 0 Å². The number of nitrogens with two attached hydrogens (primary N) is 1. The molecule has 0 spiro atoms. The highest BCUT2D eigenvalue weighted by atomic mass is 16.5. The van der Waals surface area contributed by atoms with E-state index in [-0.39, 0.29) is 63.0 Å². The number of hydrogen-bond acceptors (Lipinski definition) is 12. The van der Waals surface area contributed by atoms with Crippen LogP contribution in [0.1, 0.15) is 122 Å². The molecule has 0 aromatic carbocycles. The molecule has 0 rings (SSSR count). The molecule has 0 aromatic rings. The molecule has 0 atom stereocenters. The van der Waals surface area contributed by atoms with Gasteiger partial charge in [-0.15, -0.1) is 0 Å². The van der Waals surface area contributed by atoms with E-state index in [0.717, 1.165) is 32.1 Å². The van der Waals surface area contributed by atoms with Gasteiger partial charge >= 0.3 is 0 Å². The highest BCUT2D eigenvalue weighted by Crippen LogP contribution is 2.04. The molecule has 0 saturated heterocycles. The fourth-order valence-corrected chi connectivity index (χ4v) is 4.89. The molecule has 0 bridgehead atoms. The van der Waals surface area contributed by atoms with Crippen LogP contribution in [0.2, 0.25) is 0 Å². The number of carbonyl (C=O) groups excluding carboxylic acids is 6. The van der Waals surface area contributed by atoms with Crippen molar-refractivity contribution in [1.29, 1.82) is 0 Å². The molecular formula is C34H66N8O10. The second-order valence-electron chi connectivity index (χ2n) is 12.8. The number of carbonyl (C=O) groups is 6. The molecule has 0 heterocycles. The van der Waals surface area contributed by atoms with Crippen LogP contribution >= 0.6 is 0 Å². The summed E-state index contributed by atoms with van der Waals surface area (Å²) in [5, 5.41) is 50.4. The zero-order valence-electron chi connectivity index (χ0n) is 31.2. The highest BCUT2D eigenvalue weighted by molar-refractivity contribution is 5.83. The standard InChI is InChI=1S/C34H66N8O10/c1-29(43)40(50)26-12-4-8-21-36-30(44)15-14-25-39(49)24-10-3-7-22-37-31(45)17-19-34(48)42(52)28-13-5-9-23-38-32(46)16-18-33(47)41(51)27-11-2-6-20-35/h49-52H,2-28,35H2,1H3,(H,36,44)(H,37,45)(H,38,46). The number of nitrogens with one attached hydrogen (secondary N) is 3. The number of nitrogens with zero attached hydrogens (tertiary/aromatic N) is 4. The maximum absolute atomic E-state index is 12.1. The summed E-state index contributed by atoms with van der Waals surface area (Å²) in [4.78, 5) is 70.9. The molecule has 0 aliphatic heterocycles. The Bertz CT molecular complexity index is 1020. The summed E-state index contributed by atoms with van der Waals surface area (Å²) in [5.41, 5.74) is 5.41. The molecule has 52 heavy (non-hydrogen) atoms. The number of amides is 6. The molecule has 0 unspecified atom stereocenters. The SMILES string of the molecule is CC(=O)N(O)CCCCCNC(=O)CCCN(O)CCCCCNC(=O)CCC(=O)N(O)CCCCCNC(=O)CCC(=O)N(O)CCCCCN. The first-order chi connectivity index (χ1) is 24.9. The molecule has 9 N–H and O–H groups in total. The van der Waals surface area contributed by atoms with Gasteiger partial charge in [-0.1, -0.05) is 12.8 Å². The Kier molecular flexibility index (Phi) is 30.1. The summed E-state index contributed by atoms with van der Waals surface area (Å²) in [5.74, 6) is -2.13. The fourth-order valence-electron chi connectivity index (χ4n) is 4.89. The van der Waals surface area contributed by atoms with E-state index < -0.39 is 17.7 Å². The lowest BCUT2D eigenvalue weighted by Crippen LogP contribution is -2.31. The van der Waals surface area contributed by atoms with Crippen LogP contribution in [0, 0.1) is 0 Å². The topological polar surface area (TPSA) is 258 Å². The van der Waals surface area contributed by atoms with Gasteiger partial charge in [0.2, 0.25) is 35.4 Å². The third-order valence-electron chi connectivity index (χ3n) is 8.12. The van der Waals surface area contributed by atoms with Crippen molar-refractivity contribution in [2.75, 3.05) is 58.9 Å². The van der Waals surface area contributed by atoms with Gasteiger partial charge in [-0.05, 0) is 77.2 Å². The lowest BCUT2D eigenvalue weighted by molar-refractivity contribution is -0.166. The number of unbranched alkanes of at least 4 members (excludes halogenated alkanes) is 8. The zero-order valence-corrected chi connectivity index (χ0v) is 31.2. The van der Waals surface area contributed by atoms with Gasteiger partial charge in [-0.3, -0.25) is 44.4 Å². The van der Waals surface area contributed by atoms with Crippen LogP contribution in [0.3, 0.4) is 0 Å². The minimum Gasteiger partial charge on any atom is -0.356 e. The Morgan fingerprint density at radius 3 is 1.23 bits per heavy atom. The molecule has 0 radical (unpaired) electrons. The molecular weight excluding hydrogens is 680 g/mol. The predicted octanol–water partition coefficient (Wildman–Crippen LogP) is 1.68. The summed E-state index contributed by atoms with van der Waals surface area (Å²) in [6.07, 6.45) is 8.89. The van der Waals surface area contributed by atoms with Gasteiger partial charge in [0.05, 0.1) is 0 Å². The summed E-state index contributed by atoms with van der Waals surface area (Å²) in [6.45, 7) is 4.57. The summed E-state index contributed by atoms with van der Waals surface area (Å²) < 4.78 is 0. The van der Waals surface area contributed by atoms with E-state index in [1.54, 1.807) is 0 Å². The first-order valence-corrected chi connectivity index (χ1v) is 18.8. The number of rotatable bonds is 33. The van der Waals surface area contributed by atoms with Gasteiger partial charge in [-0.25, -0.2) is 15.2 Å². The van der Waals surface area contributed by atoms with Crippen molar-refractivity contribution in [3.05, 3.63) is 0 Å². The predicted molar refractivity (Wildman–Crippen MR) is 191 cm³/mol. The lowest BCUT2D eigenvalue weighted by atomic mass is 10.2. The molecule has 6 amide bonds. The summed E-state index contributed by atoms with van der Waals surface area (Å²) in [6, 6.07) is 0. The number of hydroxylamine groups is 8. The summed E-state index contributed by atoms with van der Waals surface area (Å²) in [7, 11) is 0. The van der Waals surface area contributed by atoms with E-state index in [1.165, 1.54) is 12.0 Å². The average molecular weight is 747 g/mol. The maximum Gasteiger partial charge on any atom is 0.246 e. The molecule has 0 fully saturated rings. The molecule has 302 valence electrons. The second kappa shape index (κ2) is 32.2. The monoisotopic (exact) mass is 746 g/mol. The van der Waals surface area contributed by atoms with E-state index in [1.807, 2.05) is 0 Å². The Hall–Kier alpha value is -3.42. The van der Waals surface area contributed by atoms with Crippen LogP contribution in [0.25, 0.3) is 0 Å². The molecule has 0 aromatic heterocycles. The van der Waals surface area contributed by atoms with Gasteiger partial charge in [0.15, 0.2) is 0 Å². The van der Waals surface area contributed by atoms with Gasteiger partial charge in [0, 0.05) is 91.4 Å². The maximum atomic E-state index is 12.1. The van der Waals surface area contributed by atoms with Crippen molar-refractivity contribution < 1.29 is 49.6 Å². The first kappa shape index (κ1) is 48.6. The quantitative estimate of drug-likeness (QED) is 0.0271. The first-order valence-electron chi connectivity index (χ1n) is 18.8. The average Bonchev–Trinajstić information content (AvgIpc) is 3.11. The van der Waals surface area contributed by atoms with E-state index in [0.29, 0.717) is 112 Å². The lowest BCUT2D eigenvalue weighted by Gasteiger charge is -2.15. The Morgan fingerprint density at radius 2 is 0.808 bits per heavy atom. The second-order valence-corrected chi connectivity index (χ2v) is 12.8. The largest absolute Gasteiger partial charge is 0.356 e. The Balaban J connectivity index is 3.72. The molecule has 0 aliphatic rings. The van der Waals surface area contributed by atoms with Gasteiger partial charge in [0.25, 0.3) is 0 Å². The molecule has 18 heteroatoms. The minimum atomic E-state index is -0.552.